The molecule has 1 aromatic rings. The van der Waals surface area contributed by atoms with E-state index in [-0.39, 0.29) is 16.7 Å². The van der Waals surface area contributed by atoms with Crippen molar-refractivity contribution in [1.29, 1.82) is 0 Å². The molecule has 19 heavy (non-hydrogen) atoms. The highest BCUT2D eigenvalue weighted by Crippen LogP contribution is 2.40. The summed E-state index contributed by atoms with van der Waals surface area (Å²) in [5, 5.41) is 0.615. The first-order valence-electron chi connectivity index (χ1n) is 6.05. The number of fused-ring (bicyclic) bond motifs is 1. The molecule has 0 spiro atoms. The van der Waals surface area contributed by atoms with Gasteiger partial charge in [-0.15, -0.1) is 0 Å². The third kappa shape index (κ3) is 2.04. The second-order valence-corrected chi connectivity index (χ2v) is 5.45. The zero-order chi connectivity index (χ0) is 13.6. The van der Waals surface area contributed by atoms with Crippen molar-refractivity contribution in [3.63, 3.8) is 0 Å². The Hall–Kier alpha value is -1.10. The van der Waals surface area contributed by atoms with E-state index in [4.69, 9.17) is 27.9 Å². The van der Waals surface area contributed by atoms with Crippen LogP contribution in [0.25, 0.3) is 0 Å². The fourth-order valence-electron chi connectivity index (χ4n) is 2.52. The Kier molecular flexibility index (Phi) is 3.25. The molecule has 1 fully saturated rings. The number of benzene rings is 1. The monoisotopic (exact) mass is 299 g/mol. The number of nitrogens with zero attached hydrogens (tertiary/aromatic N) is 1. The molecule has 2 aliphatic rings. The van der Waals surface area contributed by atoms with Crippen molar-refractivity contribution >= 4 is 40.6 Å². The van der Waals surface area contributed by atoms with Crippen molar-refractivity contribution in [1.82, 2.24) is 0 Å². The summed E-state index contributed by atoms with van der Waals surface area (Å²) in [5.74, 6) is -1.18. The average molecular weight is 300 g/mol. The van der Waals surface area contributed by atoms with Gasteiger partial charge in [-0.1, -0.05) is 23.2 Å². The average Bonchev–Trinajstić information content (AvgIpc) is 2.97. The highest BCUT2D eigenvalue weighted by atomic mass is 35.5. The molecule has 1 atom stereocenters. The topological polar surface area (TPSA) is 46.6 Å². The Labute approximate surface area is 120 Å². The molecule has 3 rings (SSSR count). The summed E-state index contributed by atoms with van der Waals surface area (Å²) >= 11 is 12.1. The van der Waals surface area contributed by atoms with Crippen molar-refractivity contribution < 1.29 is 14.3 Å². The Morgan fingerprint density at radius 1 is 1.26 bits per heavy atom. The molecule has 6 heteroatoms. The number of rotatable bonds is 2. The number of ether oxygens (including phenoxy) is 1. The first-order valence-corrected chi connectivity index (χ1v) is 6.81. The Morgan fingerprint density at radius 2 is 2.00 bits per heavy atom. The lowest BCUT2D eigenvalue weighted by molar-refractivity contribution is -0.114. The lowest BCUT2D eigenvalue weighted by Crippen LogP contribution is -2.36. The van der Waals surface area contributed by atoms with E-state index in [0.29, 0.717) is 23.9 Å². The molecule has 1 aromatic carbocycles. The second kappa shape index (κ2) is 4.78. The molecule has 2 aliphatic heterocycles. The normalized spacial score (nSPS) is 22.2. The number of carbonyl (C=O) groups is 2. The van der Waals surface area contributed by atoms with Gasteiger partial charge in [0.05, 0.1) is 33.9 Å². The van der Waals surface area contributed by atoms with E-state index in [1.165, 1.54) is 11.0 Å². The molecule has 2 heterocycles. The Bertz CT molecular complexity index is 567. The molecular formula is C13H11Cl2NO3. The summed E-state index contributed by atoms with van der Waals surface area (Å²) in [4.78, 5) is 25.4. The summed E-state index contributed by atoms with van der Waals surface area (Å²) in [6, 6.07) is 3.13. The summed E-state index contributed by atoms with van der Waals surface area (Å²) < 4.78 is 5.50. The van der Waals surface area contributed by atoms with Crippen LogP contribution in [0.4, 0.5) is 5.69 Å². The summed E-state index contributed by atoms with van der Waals surface area (Å²) in [6.07, 6.45) is 1.81. The lowest BCUT2D eigenvalue weighted by Gasteiger charge is -2.21. The maximum absolute atomic E-state index is 12.1. The van der Waals surface area contributed by atoms with E-state index in [1.807, 2.05) is 0 Å². The minimum Gasteiger partial charge on any atom is -0.376 e. The number of halogens is 2. The number of ketones is 1. The third-order valence-corrected chi connectivity index (χ3v) is 4.04. The zero-order valence-electron chi connectivity index (χ0n) is 9.99. The predicted octanol–water partition coefficient (Wildman–Crippen LogP) is 2.70. The van der Waals surface area contributed by atoms with Gasteiger partial charge in [-0.2, -0.15) is 0 Å². The maximum Gasteiger partial charge on any atom is 0.299 e. The third-order valence-electron chi connectivity index (χ3n) is 3.42. The van der Waals surface area contributed by atoms with E-state index in [1.54, 1.807) is 6.07 Å². The number of anilines is 1. The van der Waals surface area contributed by atoms with E-state index in [9.17, 15) is 9.59 Å². The van der Waals surface area contributed by atoms with Gasteiger partial charge in [-0.3, -0.25) is 9.59 Å². The summed E-state index contributed by atoms with van der Waals surface area (Å²) in [5.41, 5.74) is 0.622. The molecule has 1 amide bonds. The second-order valence-electron chi connectivity index (χ2n) is 4.63. The lowest BCUT2D eigenvalue weighted by atomic mass is 10.1. The zero-order valence-corrected chi connectivity index (χ0v) is 11.5. The van der Waals surface area contributed by atoms with Crippen LogP contribution in [0.15, 0.2) is 12.1 Å². The van der Waals surface area contributed by atoms with Crippen LogP contribution in [-0.4, -0.2) is 30.9 Å². The van der Waals surface area contributed by atoms with Crippen molar-refractivity contribution in [2.24, 2.45) is 0 Å². The van der Waals surface area contributed by atoms with Gasteiger partial charge in [0.2, 0.25) is 0 Å². The van der Waals surface area contributed by atoms with Crippen LogP contribution >= 0.6 is 23.2 Å². The molecule has 4 nitrogen and oxygen atoms in total. The summed E-state index contributed by atoms with van der Waals surface area (Å²) in [6.45, 7) is 1.04. The number of hydrogen-bond donors (Lipinski definition) is 0. The van der Waals surface area contributed by atoms with Gasteiger partial charge in [0, 0.05) is 6.61 Å². The number of hydrogen-bond acceptors (Lipinski definition) is 3. The van der Waals surface area contributed by atoms with Gasteiger partial charge in [-0.25, -0.2) is 0 Å². The first-order chi connectivity index (χ1) is 9.09. The van der Waals surface area contributed by atoms with Crippen molar-refractivity contribution in [3.05, 3.63) is 27.7 Å². The van der Waals surface area contributed by atoms with Gasteiger partial charge in [-0.05, 0) is 25.0 Å². The van der Waals surface area contributed by atoms with Gasteiger partial charge in [0.25, 0.3) is 11.7 Å². The minimum atomic E-state index is -0.597. The van der Waals surface area contributed by atoms with E-state index in [2.05, 4.69) is 0 Å². The first kappa shape index (κ1) is 12.9. The van der Waals surface area contributed by atoms with Crippen LogP contribution in [0.5, 0.6) is 0 Å². The molecule has 0 N–H and O–H groups in total. The van der Waals surface area contributed by atoms with Gasteiger partial charge in [0.1, 0.15) is 0 Å². The molecule has 1 unspecified atom stereocenters. The molecular weight excluding hydrogens is 289 g/mol. The van der Waals surface area contributed by atoms with Crippen molar-refractivity contribution in [2.75, 3.05) is 18.1 Å². The molecule has 0 bridgehead atoms. The highest BCUT2D eigenvalue weighted by molar-refractivity contribution is 6.57. The largest absolute Gasteiger partial charge is 0.376 e. The molecule has 1 saturated heterocycles. The van der Waals surface area contributed by atoms with E-state index >= 15 is 0 Å². The van der Waals surface area contributed by atoms with Crippen LogP contribution < -0.4 is 4.90 Å². The number of amides is 1. The van der Waals surface area contributed by atoms with Gasteiger partial charge < -0.3 is 9.64 Å². The number of carbonyl (C=O) groups excluding carboxylic acids is 2. The van der Waals surface area contributed by atoms with E-state index in [0.717, 1.165) is 12.8 Å². The highest BCUT2D eigenvalue weighted by Gasteiger charge is 2.40. The summed E-state index contributed by atoms with van der Waals surface area (Å²) in [7, 11) is 0. The number of Topliss-reactive ketones (excluding diaryl/α,β-unsaturated/α-hetero) is 1. The predicted molar refractivity (Wildman–Crippen MR) is 72.1 cm³/mol. The molecule has 0 aromatic heterocycles. The van der Waals surface area contributed by atoms with Crippen LogP contribution in [-0.2, 0) is 9.53 Å². The minimum absolute atomic E-state index is 0.0438. The smallest absolute Gasteiger partial charge is 0.299 e. The van der Waals surface area contributed by atoms with Gasteiger partial charge >= 0.3 is 0 Å². The quantitative estimate of drug-likeness (QED) is 0.789. The Morgan fingerprint density at radius 3 is 2.68 bits per heavy atom. The molecule has 100 valence electrons. The van der Waals surface area contributed by atoms with Crippen LogP contribution in [0.2, 0.25) is 10.0 Å². The fraction of sp³-hybridized carbons (Fsp3) is 0.385. The molecule has 0 aliphatic carbocycles. The maximum atomic E-state index is 12.1. The van der Waals surface area contributed by atoms with Crippen molar-refractivity contribution in [2.45, 2.75) is 18.9 Å². The molecule has 0 radical (unpaired) electrons. The van der Waals surface area contributed by atoms with Crippen LogP contribution in [0.1, 0.15) is 23.2 Å². The van der Waals surface area contributed by atoms with Crippen LogP contribution in [0.3, 0.4) is 0 Å². The van der Waals surface area contributed by atoms with Crippen molar-refractivity contribution in [3.8, 4) is 0 Å². The van der Waals surface area contributed by atoms with Gasteiger partial charge in [0.15, 0.2) is 0 Å². The standard InChI is InChI=1S/C13H11Cl2NO3/c14-8-3-4-9(15)11-10(8)12(17)13(18)16(11)6-7-2-1-5-19-7/h3-4,7H,1-2,5-6H2. The van der Waals surface area contributed by atoms with E-state index < -0.39 is 11.7 Å². The molecule has 0 saturated carbocycles. The Balaban J connectivity index is 2.01. The van der Waals surface area contributed by atoms with Crippen LogP contribution in [0, 0.1) is 0 Å². The fourth-order valence-corrected chi connectivity index (χ4v) is 3.02. The SMILES string of the molecule is O=C1C(=O)N(CC2CCCO2)c2c(Cl)ccc(Cl)c21.